The Kier molecular flexibility index (Phi) is 8.60. The second-order valence-electron chi connectivity index (χ2n) is 8.57. The van der Waals surface area contributed by atoms with Gasteiger partial charge in [-0.15, -0.1) is 0 Å². The second kappa shape index (κ2) is 11.4. The Morgan fingerprint density at radius 3 is 2.29 bits per heavy atom. The minimum Gasteiger partial charge on any atom is -0.389 e. The highest BCUT2D eigenvalue weighted by Gasteiger charge is 2.24. The first kappa shape index (κ1) is 23.4. The molecule has 2 aromatic rings. The third-order valence-corrected chi connectivity index (χ3v) is 5.78. The van der Waals surface area contributed by atoms with Crippen LogP contribution in [0.2, 0.25) is 0 Å². The lowest BCUT2D eigenvalue weighted by atomic mass is 9.99. The molecule has 2 aromatic carbocycles. The Morgan fingerprint density at radius 2 is 1.68 bits per heavy atom. The van der Waals surface area contributed by atoms with Crippen molar-refractivity contribution in [3.8, 4) is 0 Å². The van der Waals surface area contributed by atoms with Crippen molar-refractivity contribution in [2.24, 2.45) is 0 Å². The molecule has 0 bridgehead atoms. The smallest absolute Gasteiger partial charge is 0.191 e. The van der Waals surface area contributed by atoms with Crippen LogP contribution in [-0.4, -0.2) is 93.4 Å². The molecule has 0 amide bonds. The van der Waals surface area contributed by atoms with Gasteiger partial charge in [-0.05, 0) is 24.7 Å². The number of Topliss-reactive ketones (excluding diaryl/α,β-unsaturated/α-hetero) is 1. The summed E-state index contributed by atoms with van der Waals surface area (Å²) in [5.74, 6) is -0.0518. The Hall–Kier alpha value is -2.25. The summed E-state index contributed by atoms with van der Waals surface area (Å²) in [6.07, 6.45) is -0.775. The average Bonchev–Trinajstić information content (AvgIpc) is 2.78. The summed E-state index contributed by atoms with van der Waals surface area (Å²) in [6.45, 7) is 4.61. The lowest BCUT2D eigenvalue weighted by molar-refractivity contribution is -0.0174. The molecule has 1 saturated heterocycles. The summed E-state index contributed by atoms with van der Waals surface area (Å²) in [5, 5.41) is 10.5. The van der Waals surface area contributed by atoms with Gasteiger partial charge in [-0.3, -0.25) is 9.69 Å². The zero-order chi connectivity index (χ0) is 22.2. The van der Waals surface area contributed by atoms with Crippen molar-refractivity contribution in [3.63, 3.8) is 0 Å². The van der Waals surface area contributed by atoms with Crippen molar-refractivity contribution in [2.45, 2.75) is 18.6 Å². The minimum atomic E-state index is -0.630. The molecule has 1 aliphatic rings. The molecule has 2 unspecified atom stereocenters. The van der Waals surface area contributed by atoms with Crippen LogP contribution >= 0.6 is 0 Å². The third kappa shape index (κ3) is 7.14. The number of ether oxygens (including phenoxy) is 1. The van der Waals surface area contributed by atoms with E-state index >= 15 is 0 Å². The molecule has 6 nitrogen and oxygen atoms in total. The Balaban J connectivity index is 1.63. The van der Waals surface area contributed by atoms with Gasteiger partial charge in [0.15, 0.2) is 5.78 Å². The summed E-state index contributed by atoms with van der Waals surface area (Å²) in [5.41, 5.74) is 2.78. The molecule has 1 fully saturated rings. The minimum absolute atomic E-state index is 0.0518. The fraction of sp³-hybridized carbons (Fsp3) is 0.480. The van der Waals surface area contributed by atoms with Crippen LogP contribution in [0.5, 0.6) is 0 Å². The molecule has 1 aliphatic heterocycles. The fourth-order valence-electron chi connectivity index (χ4n) is 3.77. The SMILES string of the molecule is CN1CCN(CC(O)COC(Cc2ccc(N(C)C)cc2)C(=O)c2ccccc2)CC1. The van der Waals surface area contributed by atoms with E-state index in [1.807, 2.05) is 73.6 Å². The number of carbonyl (C=O) groups excluding carboxylic acids is 1. The van der Waals surface area contributed by atoms with E-state index in [-0.39, 0.29) is 12.4 Å². The van der Waals surface area contributed by atoms with Crippen molar-refractivity contribution >= 4 is 11.5 Å². The molecular formula is C25H35N3O3. The molecule has 0 spiro atoms. The van der Waals surface area contributed by atoms with Crippen molar-refractivity contribution in [1.82, 2.24) is 9.80 Å². The molecule has 6 heteroatoms. The van der Waals surface area contributed by atoms with E-state index in [9.17, 15) is 9.90 Å². The Morgan fingerprint density at radius 1 is 1.03 bits per heavy atom. The maximum Gasteiger partial charge on any atom is 0.191 e. The highest BCUT2D eigenvalue weighted by molar-refractivity contribution is 5.99. The van der Waals surface area contributed by atoms with E-state index < -0.39 is 12.2 Å². The Bertz CT molecular complexity index is 803. The van der Waals surface area contributed by atoms with Crippen LogP contribution in [0.1, 0.15) is 15.9 Å². The number of β-amino-alcohol motifs (C(OH)–C–C–N with tert-alkyl or cyclic N) is 1. The number of nitrogens with zero attached hydrogens (tertiary/aromatic N) is 3. The zero-order valence-corrected chi connectivity index (χ0v) is 18.9. The number of piperazine rings is 1. The van der Waals surface area contributed by atoms with E-state index in [2.05, 4.69) is 16.8 Å². The number of ketones is 1. The standard InChI is InChI=1S/C25H35N3O3/c1-26(2)22-11-9-20(10-12-22)17-24(25(30)21-7-5-4-6-8-21)31-19-23(29)18-28-15-13-27(3)14-16-28/h4-12,23-24,29H,13-19H2,1-3H3. The van der Waals surface area contributed by atoms with Gasteiger partial charge in [0.25, 0.3) is 0 Å². The molecule has 0 saturated carbocycles. The van der Waals surface area contributed by atoms with E-state index in [1.54, 1.807) is 0 Å². The van der Waals surface area contributed by atoms with Crippen LogP contribution in [-0.2, 0) is 11.2 Å². The predicted octanol–water partition coefficient (Wildman–Crippen LogP) is 2.17. The number of benzene rings is 2. The number of anilines is 1. The van der Waals surface area contributed by atoms with Gasteiger partial charge in [0.2, 0.25) is 0 Å². The topological polar surface area (TPSA) is 56.2 Å². The van der Waals surface area contributed by atoms with E-state index in [4.69, 9.17) is 4.74 Å². The summed E-state index contributed by atoms with van der Waals surface area (Å²) in [7, 11) is 6.12. The first-order valence-electron chi connectivity index (χ1n) is 11.0. The summed E-state index contributed by atoms with van der Waals surface area (Å²) < 4.78 is 6.02. The number of aliphatic hydroxyl groups is 1. The molecule has 31 heavy (non-hydrogen) atoms. The zero-order valence-electron chi connectivity index (χ0n) is 18.9. The molecule has 3 rings (SSSR count). The highest BCUT2D eigenvalue weighted by Crippen LogP contribution is 2.17. The summed E-state index contributed by atoms with van der Waals surface area (Å²) in [6, 6.07) is 17.4. The Labute approximate surface area is 186 Å². The van der Waals surface area contributed by atoms with Gasteiger partial charge < -0.3 is 19.6 Å². The van der Waals surface area contributed by atoms with Gasteiger partial charge in [-0.2, -0.15) is 0 Å². The highest BCUT2D eigenvalue weighted by atomic mass is 16.5. The molecule has 2 atom stereocenters. The molecule has 1 N–H and O–H groups in total. The quantitative estimate of drug-likeness (QED) is 0.589. The van der Waals surface area contributed by atoms with Crippen LogP contribution < -0.4 is 4.90 Å². The van der Waals surface area contributed by atoms with E-state index in [0.29, 0.717) is 18.5 Å². The monoisotopic (exact) mass is 425 g/mol. The van der Waals surface area contributed by atoms with Gasteiger partial charge in [-0.1, -0.05) is 42.5 Å². The molecule has 0 radical (unpaired) electrons. The van der Waals surface area contributed by atoms with Crippen LogP contribution in [0.15, 0.2) is 54.6 Å². The number of hydrogen-bond donors (Lipinski definition) is 1. The molecule has 168 valence electrons. The second-order valence-corrected chi connectivity index (χ2v) is 8.57. The van der Waals surface area contributed by atoms with E-state index in [0.717, 1.165) is 37.4 Å². The number of rotatable bonds is 10. The maximum absolute atomic E-state index is 13.1. The van der Waals surface area contributed by atoms with Crippen molar-refractivity contribution < 1.29 is 14.6 Å². The molecular weight excluding hydrogens is 390 g/mol. The molecule has 0 aliphatic carbocycles. The first-order valence-corrected chi connectivity index (χ1v) is 11.0. The first-order chi connectivity index (χ1) is 14.9. The van der Waals surface area contributed by atoms with E-state index in [1.165, 1.54) is 0 Å². The molecule has 1 heterocycles. The number of carbonyl (C=O) groups is 1. The average molecular weight is 426 g/mol. The van der Waals surface area contributed by atoms with Gasteiger partial charge in [0.1, 0.15) is 6.10 Å². The van der Waals surface area contributed by atoms with Gasteiger partial charge in [0.05, 0.1) is 12.7 Å². The van der Waals surface area contributed by atoms with Crippen molar-refractivity contribution in [1.29, 1.82) is 0 Å². The number of hydrogen-bond acceptors (Lipinski definition) is 6. The fourth-order valence-corrected chi connectivity index (χ4v) is 3.77. The summed E-state index contributed by atoms with van der Waals surface area (Å²) in [4.78, 5) is 19.7. The van der Waals surface area contributed by atoms with Gasteiger partial charge >= 0.3 is 0 Å². The van der Waals surface area contributed by atoms with Crippen LogP contribution in [0.25, 0.3) is 0 Å². The largest absolute Gasteiger partial charge is 0.389 e. The van der Waals surface area contributed by atoms with Crippen LogP contribution in [0.3, 0.4) is 0 Å². The van der Waals surface area contributed by atoms with Crippen molar-refractivity contribution in [3.05, 3.63) is 65.7 Å². The number of likely N-dealkylation sites (N-methyl/N-ethyl adjacent to an activating group) is 1. The molecule has 0 aromatic heterocycles. The lowest BCUT2D eigenvalue weighted by Crippen LogP contribution is -2.47. The van der Waals surface area contributed by atoms with Gasteiger partial charge in [0, 0.05) is 64.5 Å². The maximum atomic E-state index is 13.1. The van der Waals surface area contributed by atoms with Crippen molar-refractivity contribution in [2.75, 3.05) is 65.4 Å². The predicted molar refractivity (Wildman–Crippen MR) is 125 cm³/mol. The summed E-state index contributed by atoms with van der Waals surface area (Å²) >= 11 is 0. The number of aliphatic hydroxyl groups excluding tert-OH is 1. The van der Waals surface area contributed by atoms with Crippen LogP contribution in [0.4, 0.5) is 5.69 Å². The normalized spacial score (nSPS) is 17.3. The third-order valence-electron chi connectivity index (χ3n) is 5.78. The van der Waals surface area contributed by atoms with Gasteiger partial charge in [-0.25, -0.2) is 0 Å². The lowest BCUT2D eigenvalue weighted by Gasteiger charge is -2.33. The van der Waals surface area contributed by atoms with Crippen LogP contribution in [0, 0.1) is 0 Å².